The topological polar surface area (TPSA) is 32.3 Å². The molecule has 114 valence electrons. The van der Waals surface area contributed by atoms with E-state index in [1.807, 2.05) is 6.92 Å². The van der Waals surface area contributed by atoms with E-state index in [2.05, 4.69) is 5.32 Å². The molecule has 1 N–H and O–H groups in total. The Morgan fingerprint density at radius 2 is 2.10 bits per heavy atom. The maximum absolute atomic E-state index is 14.0. The van der Waals surface area contributed by atoms with Crippen molar-refractivity contribution in [2.45, 2.75) is 44.8 Å². The van der Waals surface area contributed by atoms with Gasteiger partial charge in [-0.05, 0) is 37.3 Å². The number of halogens is 2. The first-order valence-electron chi connectivity index (χ1n) is 7.61. The third-order valence-electron chi connectivity index (χ3n) is 4.60. The van der Waals surface area contributed by atoms with E-state index < -0.39 is 17.8 Å². The molecular weight excluding hydrogens is 274 g/mol. The van der Waals surface area contributed by atoms with E-state index in [0.29, 0.717) is 24.4 Å². The zero-order valence-corrected chi connectivity index (χ0v) is 12.1. The van der Waals surface area contributed by atoms with E-state index in [1.165, 1.54) is 18.6 Å². The Hall–Kier alpha value is -1.49. The van der Waals surface area contributed by atoms with Gasteiger partial charge in [0, 0.05) is 18.2 Å². The lowest BCUT2D eigenvalue weighted by atomic mass is 9.85. The van der Waals surface area contributed by atoms with Gasteiger partial charge in [0.25, 0.3) is 0 Å². The molecule has 1 aromatic rings. The third-order valence-corrected chi connectivity index (χ3v) is 4.60. The van der Waals surface area contributed by atoms with Crippen LogP contribution in [0.1, 0.15) is 44.3 Å². The maximum atomic E-state index is 14.0. The smallest absolute Gasteiger partial charge is 0.241 e. The molecule has 1 heterocycles. The van der Waals surface area contributed by atoms with Crippen LogP contribution in [0.4, 0.5) is 8.78 Å². The second kappa shape index (κ2) is 5.72. The van der Waals surface area contributed by atoms with Crippen LogP contribution in [0.15, 0.2) is 18.2 Å². The van der Waals surface area contributed by atoms with Crippen LogP contribution in [0.25, 0.3) is 0 Å². The van der Waals surface area contributed by atoms with Crippen molar-refractivity contribution in [1.82, 2.24) is 10.2 Å². The summed E-state index contributed by atoms with van der Waals surface area (Å²) in [4.78, 5) is 14.2. The van der Waals surface area contributed by atoms with Crippen LogP contribution in [-0.4, -0.2) is 23.4 Å². The molecule has 2 unspecified atom stereocenters. The van der Waals surface area contributed by atoms with E-state index >= 15 is 0 Å². The van der Waals surface area contributed by atoms with Gasteiger partial charge in [-0.2, -0.15) is 0 Å². The van der Waals surface area contributed by atoms with Crippen LogP contribution in [-0.2, 0) is 4.79 Å². The average Bonchev–Trinajstić information content (AvgIpc) is 2.70. The summed E-state index contributed by atoms with van der Waals surface area (Å²) in [6, 6.07) is 3.27. The first-order valence-corrected chi connectivity index (χ1v) is 7.61. The number of nitrogens with zero attached hydrogens (tertiary/aromatic N) is 1. The molecule has 0 spiro atoms. The van der Waals surface area contributed by atoms with Gasteiger partial charge in [-0.3, -0.25) is 10.1 Å². The van der Waals surface area contributed by atoms with Crippen LogP contribution < -0.4 is 5.32 Å². The zero-order chi connectivity index (χ0) is 15.0. The van der Waals surface area contributed by atoms with Gasteiger partial charge in [0.05, 0.1) is 6.04 Å². The number of rotatable bonds is 4. The number of benzene rings is 1. The van der Waals surface area contributed by atoms with Crippen molar-refractivity contribution in [2.24, 2.45) is 5.92 Å². The predicted molar refractivity (Wildman–Crippen MR) is 75.4 cm³/mol. The number of hydrogen-bond acceptors (Lipinski definition) is 2. The molecule has 1 aromatic carbocycles. The average molecular weight is 294 g/mol. The standard InChI is InChI=1S/C16H20F2N2O/c1-2-14-16(21)20(9-10-4-3-5-10)15(19-14)12-7-6-11(17)8-13(12)18/h6-8,10,14-15,19H,2-5,9H2,1H3. The highest BCUT2D eigenvalue weighted by molar-refractivity contribution is 5.84. The van der Waals surface area contributed by atoms with Crippen molar-refractivity contribution < 1.29 is 13.6 Å². The fraction of sp³-hybridized carbons (Fsp3) is 0.562. The molecule has 1 saturated heterocycles. The number of hydrogen-bond donors (Lipinski definition) is 1. The maximum Gasteiger partial charge on any atom is 0.241 e. The highest BCUT2D eigenvalue weighted by Crippen LogP contribution is 2.34. The Morgan fingerprint density at radius 3 is 2.67 bits per heavy atom. The Kier molecular flexibility index (Phi) is 3.93. The molecule has 21 heavy (non-hydrogen) atoms. The molecule has 0 aromatic heterocycles. The summed E-state index contributed by atoms with van der Waals surface area (Å²) in [5, 5.41) is 3.18. The summed E-state index contributed by atoms with van der Waals surface area (Å²) in [7, 11) is 0. The molecular formula is C16H20F2N2O. The van der Waals surface area contributed by atoms with Gasteiger partial charge in [0.1, 0.15) is 17.8 Å². The molecule has 0 bridgehead atoms. The first kappa shape index (κ1) is 14.4. The summed E-state index contributed by atoms with van der Waals surface area (Å²) in [5.41, 5.74) is 0.347. The van der Waals surface area contributed by atoms with Crippen molar-refractivity contribution in [3.63, 3.8) is 0 Å². The zero-order valence-electron chi connectivity index (χ0n) is 12.1. The van der Waals surface area contributed by atoms with Crippen molar-refractivity contribution in [3.8, 4) is 0 Å². The number of carbonyl (C=O) groups excluding carboxylic acids is 1. The van der Waals surface area contributed by atoms with Crippen molar-refractivity contribution >= 4 is 5.91 Å². The minimum absolute atomic E-state index is 0.0260. The van der Waals surface area contributed by atoms with Crippen LogP contribution in [0.5, 0.6) is 0 Å². The number of carbonyl (C=O) groups is 1. The minimum Gasteiger partial charge on any atom is -0.321 e. The van der Waals surface area contributed by atoms with E-state index in [-0.39, 0.29) is 11.9 Å². The van der Waals surface area contributed by atoms with Crippen molar-refractivity contribution in [2.75, 3.05) is 6.54 Å². The fourth-order valence-electron chi connectivity index (χ4n) is 3.10. The molecule has 2 fully saturated rings. The Labute approximate surface area is 123 Å². The summed E-state index contributed by atoms with van der Waals surface area (Å²) in [6.07, 6.45) is 3.63. The molecule has 2 aliphatic rings. The predicted octanol–water partition coefficient (Wildman–Crippen LogP) is 2.97. The van der Waals surface area contributed by atoms with Crippen molar-refractivity contribution in [3.05, 3.63) is 35.4 Å². The molecule has 5 heteroatoms. The van der Waals surface area contributed by atoms with Gasteiger partial charge in [-0.1, -0.05) is 13.3 Å². The second-order valence-electron chi connectivity index (χ2n) is 5.98. The van der Waals surface area contributed by atoms with E-state index in [0.717, 1.165) is 18.9 Å². The molecule has 1 saturated carbocycles. The molecule has 3 rings (SSSR count). The van der Waals surface area contributed by atoms with Crippen LogP contribution in [0.3, 0.4) is 0 Å². The van der Waals surface area contributed by atoms with Gasteiger partial charge in [-0.25, -0.2) is 8.78 Å². The first-order chi connectivity index (χ1) is 10.1. The molecule has 0 radical (unpaired) electrons. The van der Waals surface area contributed by atoms with E-state index in [4.69, 9.17) is 0 Å². The van der Waals surface area contributed by atoms with Gasteiger partial charge >= 0.3 is 0 Å². The molecule has 3 nitrogen and oxygen atoms in total. The Morgan fingerprint density at radius 1 is 1.33 bits per heavy atom. The summed E-state index contributed by atoms with van der Waals surface area (Å²) in [6.45, 7) is 2.59. The highest BCUT2D eigenvalue weighted by atomic mass is 19.1. The molecule has 1 amide bonds. The Bertz CT molecular complexity index is 545. The van der Waals surface area contributed by atoms with Crippen LogP contribution >= 0.6 is 0 Å². The fourth-order valence-corrected chi connectivity index (χ4v) is 3.10. The van der Waals surface area contributed by atoms with Gasteiger partial charge in [0.15, 0.2) is 0 Å². The lowest BCUT2D eigenvalue weighted by Crippen LogP contribution is -2.37. The van der Waals surface area contributed by atoms with Crippen LogP contribution in [0.2, 0.25) is 0 Å². The molecule has 2 atom stereocenters. The summed E-state index contributed by atoms with van der Waals surface area (Å²) < 4.78 is 27.1. The second-order valence-corrected chi connectivity index (χ2v) is 5.98. The van der Waals surface area contributed by atoms with Crippen molar-refractivity contribution in [1.29, 1.82) is 0 Å². The van der Waals surface area contributed by atoms with E-state index in [9.17, 15) is 13.6 Å². The minimum atomic E-state index is -0.601. The lowest BCUT2D eigenvalue weighted by molar-refractivity contribution is -0.131. The lowest BCUT2D eigenvalue weighted by Gasteiger charge is -2.33. The molecule has 1 aliphatic carbocycles. The van der Waals surface area contributed by atoms with Gasteiger partial charge in [-0.15, -0.1) is 0 Å². The summed E-state index contributed by atoms with van der Waals surface area (Å²) >= 11 is 0. The number of amides is 1. The van der Waals surface area contributed by atoms with E-state index in [1.54, 1.807) is 4.90 Å². The normalized spacial score (nSPS) is 26.2. The summed E-state index contributed by atoms with van der Waals surface area (Å²) in [5.74, 6) is -0.663. The highest BCUT2D eigenvalue weighted by Gasteiger charge is 2.41. The molecule has 1 aliphatic heterocycles. The van der Waals surface area contributed by atoms with Gasteiger partial charge < -0.3 is 4.90 Å². The van der Waals surface area contributed by atoms with Crippen LogP contribution in [0, 0.1) is 17.6 Å². The Balaban J connectivity index is 1.87. The quantitative estimate of drug-likeness (QED) is 0.926. The number of nitrogens with one attached hydrogen (secondary N) is 1. The third kappa shape index (κ3) is 2.67. The largest absolute Gasteiger partial charge is 0.321 e. The van der Waals surface area contributed by atoms with Gasteiger partial charge in [0.2, 0.25) is 5.91 Å². The SMILES string of the molecule is CCC1NC(c2ccc(F)cc2F)N(CC2CCC2)C1=O. The monoisotopic (exact) mass is 294 g/mol.